The number of carbonyl (C=O) groups excluding carboxylic acids is 2. The minimum atomic E-state index is -0.435. The minimum absolute atomic E-state index is 0.249. The van der Waals surface area contributed by atoms with Crippen molar-refractivity contribution in [3.63, 3.8) is 0 Å². The predicted octanol–water partition coefficient (Wildman–Crippen LogP) is 1.95. The molecular weight excluding hydrogens is 282 g/mol. The zero-order valence-corrected chi connectivity index (χ0v) is 12.5. The Morgan fingerprint density at radius 1 is 1.32 bits per heavy atom. The number of rotatable bonds is 3. The molecular formula is C16H17N3O3. The maximum atomic E-state index is 12.4. The number of amides is 1. The summed E-state index contributed by atoms with van der Waals surface area (Å²) in [5.41, 5.74) is 3.58. The second kappa shape index (κ2) is 5.63. The molecule has 1 aromatic heterocycles. The Kier molecular flexibility index (Phi) is 3.66. The number of aromatic nitrogens is 2. The van der Waals surface area contributed by atoms with Crippen LogP contribution in [0.15, 0.2) is 24.3 Å². The third-order valence-electron chi connectivity index (χ3n) is 3.87. The maximum absolute atomic E-state index is 12.4. The molecule has 6 nitrogen and oxygen atoms in total. The second-order valence-electron chi connectivity index (χ2n) is 5.28. The van der Waals surface area contributed by atoms with E-state index < -0.39 is 5.97 Å². The van der Waals surface area contributed by atoms with Gasteiger partial charge in [0.25, 0.3) is 5.91 Å². The Hall–Kier alpha value is -2.63. The molecule has 6 heteroatoms. The van der Waals surface area contributed by atoms with Gasteiger partial charge in [0.1, 0.15) is 0 Å². The first-order valence-corrected chi connectivity index (χ1v) is 7.14. The largest absolute Gasteiger partial charge is 0.465 e. The van der Waals surface area contributed by atoms with Gasteiger partial charge in [-0.15, -0.1) is 0 Å². The van der Waals surface area contributed by atoms with Crippen molar-refractivity contribution in [2.45, 2.75) is 19.3 Å². The van der Waals surface area contributed by atoms with Gasteiger partial charge in [-0.25, -0.2) is 4.79 Å². The van der Waals surface area contributed by atoms with Gasteiger partial charge < -0.3 is 10.1 Å². The third kappa shape index (κ3) is 2.47. The van der Waals surface area contributed by atoms with E-state index in [9.17, 15) is 9.59 Å². The highest BCUT2D eigenvalue weighted by Crippen LogP contribution is 2.25. The second-order valence-corrected chi connectivity index (χ2v) is 5.28. The lowest BCUT2D eigenvalue weighted by molar-refractivity contribution is 0.0600. The van der Waals surface area contributed by atoms with Crippen molar-refractivity contribution in [3.8, 4) is 0 Å². The highest BCUT2D eigenvalue weighted by atomic mass is 16.5. The Labute approximate surface area is 128 Å². The van der Waals surface area contributed by atoms with Crippen LogP contribution in [0.2, 0.25) is 0 Å². The van der Waals surface area contributed by atoms with Crippen molar-refractivity contribution < 1.29 is 14.3 Å². The van der Waals surface area contributed by atoms with E-state index >= 15 is 0 Å². The van der Waals surface area contributed by atoms with Crippen LogP contribution in [0.3, 0.4) is 0 Å². The summed E-state index contributed by atoms with van der Waals surface area (Å²) in [4.78, 5) is 24.0. The molecule has 2 aromatic rings. The van der Waals surface area contributed by atoms with Crippen LogP contribution in [0.25, 0.3) is 0 Å². The Balaban J connectivity index is 1.83. The van der Waals surface area contributed by atoms with Crippen molar-refractivity contribution in [1.82, 2.24) is 9.78 Å². The van der Waals surface area contributed by atoms with Crippen molar-refractivity contribution in [1.29, 1.82) is 0 Å². The van der Waals surface area contributed by atoms with Crippen LogP contribution in [-0.2, 0) is 24.6 Å². The van der Waals surface area contributed by atoms with Crippen LogP contribution < -0.4 is 5.32 Å². The number of aryl methyl sites for hydroxylation is 1. The number of esters is 1. The number of hydrogen-bond donors (Lipinski definition) is 1. The molecule has 0 radical (unpaired) electrons. The molecule has 0 fully saturated rings. The van der Waals surface area contributed by atoms with Crippen LogP contribution in [0.4, 0.5) is 5.69 Å². The summed E-state index contributed by atoms with van der Waals surface area (Å²) in [6, 6.07) is 6.66. The molecule has 0 spiro atoms. The number of hydrogen-bond acceptors (Lipinski definition) is 4. The smallest absolute Gasteiger partial charge is 0.337 e. The lowest BCUT2D eigenvalue weighted by Gasteiger charge is -2.06. The van der Waals surface area contributed by atoms with Crippen molar-refractivity contribution in [2.24, 2.45) is 7.05 Å². The van der Waals surface area contributed by atoms with Crippen molar-refractivity contribution in [2.75, 3.05) is 12.4 Å². The third-order valence-corrected chi connectivity index (χ3v) is 3.87. The molecule has 1 N–H and O–H groups in total. The average Bonchev–Trinajstić information content (AvgIpc) is 3.11. The molecule has 1 amide bonds. The fourth-order valence-corrected chi connectivity index (χ4v) is 2.83. The maximum Gasteiger partial charge on any atom is 0.337 e. The standard InChI is InChI=1S/C16H17N3O3/c1-19-13-8-4-7-12(13)14(18-19)15(20)17-11-6-3-5-10(9-11)16(21)22-2/h3,5-6,9H,4,7-8H2,1-2H3,(H,17,20). The molecule has 1 aliphatic carbocycles. The first-order valence-electron chi connectivity index (χ1n) is 7.14. The number of carbonyl (C=O) groups is 2. The van der Waals surface area contributed by atoms with E-state index in [1.807, 2.05) is 7.05 Å². The molecule has 0 bridgehead atoms. The van der Waals surface area contributed by atoms with E-state index in [0.29, 0.717) is 16.9 Å². The summed E-state index contributed by atoms with van der Waals surface area (Å²) in [5, 5.41) is 7.11. The van der Waals surface area contributed by atoms with Crippen molar-refractivity contribution >= 4 is 17.6 Å². The van der Waals surface area contributed by atoms with Crippen LogP contribution in [0, 0.1) is 0 Å². The Bertz CT molecular complexity index is 749. The number of fused-ring (bicyclic) bond motifs is 1. The molecule has 1 aliphatic rings. The summed E-state index contributed by atoms with van der Waals surface area (Å²) >= 11 is 0. The minimum Gasteiger partial charge on any atom is -0.465 e. The van der Waals surface area contributed by atoms with Gasteiger partial charge in [0.05, 0.1) is 12.7 Å². The summed E-state index contributed by atoms with van der Waals surface area (Å²) in [6.07, 6.45) is 2.90. The van der Waals surface area contributed by atoms with E-state index in [4.69, 9.17) is 0 Å². The normalized spacial score (nSPS) is 12.8. The highest BCUT2D eigenvalue weighted by Gasteiger charge is 2.25. The number of nitrogens with one attached hydrogen (secondary N) is 1. The Morgan fingerprint density at radius 2 is 2.14 bits per heavy atom. The van der Waals surface area contributed by atoms with Crippen LogP contribution in [-0.4, -0.2) is 28.8 Å². The van der Waals surface area contributed by atoms with Gasteiger partial charge in [0.15, 0.2) is 5.69 Å². The van der Waals surface area contributed by atoms with E-state index in [1.165, 1.54) is 7.11 Å². The summed E-state index contributed by atoms with van der Waals surface area (Å²) in [5.74, 6) is -0.685. The van der Waals surface area contributed by atoms with Crippen LogP contribution in [0.1, 0.15) is 38.5 Å². The number of benzene rings is 1. The average molecular weight is 299 g/mol. The molecule has 1 aromatic carbocycles. The molecule has 1 heterocycles. The number of methoxy groups -OCH3 is 1. The van der Waals surface area contributed by atoms with E-state index in [2.05, 4.69) is 15.2 Å². The van der Waals surface area contributed by atoms with Gasteiger partial charge in [-0.1, -0.05) is 6.07 Å². The van der Waals surface area contributed by atoms with E-state index in [1.54, 1.807) is 28.9 Å². The lowest BCUT2D eigenvalue weighted by Crippen LogP contribution is -2.15. The quantitative estimate of drug-likeness (QED) is 0.879. The van der Waals surface area contributed by atoms with Gasteiger partial charge in [-0.05, 0) is 37.5 Å². The molecule has 0 saturated carbocycles. The lowest BCUT2D eigenvalue weighted by atomic mass is 10.1. The zero-order valence-electron chi connectivity index (χ0n) is 12.5. The first-order chi connectivity index (χ1) is 10.6. The van der Waals surface area contributed by atoms with Crippen molar-refractivity contribution in [3.05, 3.63) is 46.8 Å². The SMILES string of the molecule is COC(=O)c1cccc(NC(=O)c2nn(C)c3c2CCC3)c1. The molecule has 114 valence electrons. The highest BCUT2D eigenvalue weighted by molar-refractivity contribution is 6.04. The van der Waals surface area contributed by atoms with Crippen LogP contribution in [0.5, 0.6) is 0 Å². The molecule has 22 heavy (non-hydrogen) atoms. The number of nitrogens with zero attached hydrogens (tertiary/aromatic N) is 2. The Morgan fingerprint density at radius 3 is 2.91 bits per heavy atom. The van der Waals surface area contributed by atoms with Gasteiger partial charge in [-0.3, -0.25) is 9.48 Å². The number of ether oxygens (including phenoxy) is 1. The molecule has 0 aliphatic heterocycles. The van der Waals surface area contributed by atoms with Gasteiger partial charge in [0, 0.05) is 24.0 Å². The predicted molar refractivity (Wildman–Crippen MR) is 81.0 cm³/mol. The number of anilines is 1. The topological polar surface area (TPSA) is 73.2 Å². The first kappa shape index (κ1) is 14.3. The fraction of sp³-hybridized carbons (Fsp3) is 0.312. The summed E-state index contributed by atoms with van der Waals surface area (Å²) in [7, 11) is 3.18. The summed E-state index contributed by atoms with van der Waals surface area (Å²) < 4.78 is 6.46. The van der Waals surface area contributed by atoms with Crippen LogP contribution >= 0.6 is 0 Å². The molecule has 0 saturated heterocycles. The summed E-state index contributed by atoms with van der Waals surface area (Å²) in [6.45, 7) is 0. The molecule has 0 unspecified atom stereocenters. The van der Waals surface area contributed by atoms with Gasteiger partial charge in [-0.2, -0.15) is 5.10 Å². The fourth-order valence-electron chi connectivity index (χ4n) is 2.83. The van der Waals surface area contributed by atoms with E-state index in [-0.39, 0.29) is 5.91 Å². The molecule has 3 rings (SSSR count). The molecule has 0 atom stereocenters. The zero-order chi connectivity index (χ0) is 15.7. The van der Waals surface area contributed by atoms with Gasteiger partial charge in [0.2, 0.25) is 0 Å². The van der Waals surface area contributed by atoms with E-state index in [0.717, 1.165) is 30.5 Å². The monoisotopic (exact) mass is 299 g/mol. The van der Waals surface area contributed by atoms with Gasteiger partial charge >= 0.3 is 5.97 Å².